The molecule has 0 unspecified atom stereocenters. The number of rotatable bonds is 6. The van der Waals surface area contributed by atoms with Gasteiger partial charge < -0.3 is 20.6 Å². The average Bonchev–Trinajstić information content (AvgIpc) is 3.25. The molecule has 0 bridgehead atoms. The lowest BCUT2D eigenvalue weighted by Crippen LogP contribution is -2.11. The van der Waals surface area contributed by atoms with Gasteiger partial charge in [0.25, 0.3) is 5.56 Å². The predicted molar refractivity (Wildman–Crippen MR) is 116 cm³/mol. The number of hydrogen-bond donors (Lipinski definition) is 3. The third-order valence-corrected chi connectivity index (χ3v) is 4.83. The van der Waals surface area contributed by atoms with Gasteiger partial charge in [-0.25, -0.2) is 9.97 Å². The highest BCUT2D eigenvalue weighted by Crippen LogP contribution is 2.29. The molecular formula is C22H22N6O2. The molecule has 8 heteroatoms. The molecular weight excluding hydrogens is 380 g/mol. The lowest BCUT2D eigenvalue weighted by molar-refractivity contribution is 0.434. The first-order valence-corrected chi connectivity index (χ1v) is 9.64. The van der Waals surface area contributed by atoms with Gasteiger partial charge in [-0.15, -0.1) is 0 Å². The van der Waals surface area contributed by atoms with Crippen molar-refractivity contribution in [1.29, 1.82) is 0 Å². The van der Waals surface area contributed by atoms with Crippen LogP contribution in [0.5, 0.6) is 0 Å². The first-order valence-electron chi connectivity index (χ1n) is 9.64. The van der Waals surface area contributed by atoms with E-state index in [1.54, 1.807) is 24.5 Å². The second-order valence-electron chi connectivity index (χ2n) is 6.89. The SMILES string of the molecule is CCc1cc(-c2cnc(N)c(-c3cc(-c4ccc(CNC)cc4)no3)n2)c[nH]c1=O. The van der Waals surface area contributed by atoms with Gasteiger partial charge >= 0.3 is 0 Å². The Balaban J connectivity index is 1.68. The van der Waals surface area contributed by atoms with Crippen molar-refractivity contribution in [2.75, 3.05) is 12.8 Å². The van der Waals surface area contributed by atoms with Crippen LogP contribution in [0.1, 0.15) is 18.1 Å². The summed E-state index contributed by atoms with van der Waals surface area (Å²) in [6.07, 6.45) is 3.81. The molecule has 0 aliphatic rings. The number of aryl methyl sites for hydroxylation is 1. The van der Waals surface area contributed by atoms with Gasteiger partial charge in [0.05, 0.1) is 11.9 Å². The summed E-state index contributed by atoms with van der Waals surface area (Å²) in [5.74, 6) is 0.669. The maximum Gasteiger partial charge on any atom is 0.251 e. The van der Waals surface area contributed by atoms with Crippen LogP contribution in [0.2, 0.25) is 0 Å². The Morgan fingerprint density at radius 1 is 1.13 bits per heavy atom. The molecule has 1 aromatic carbocycles. The summed E-state index contributed by atoms with van der Waals surface area (Å²) in [6.45, 7) is 2.73. The molecule has 4 N–H and O–H groups in total. The lowest BCUT2D eigenvalue weighted by Gasteiger charge is -2.06. The molecule has 0 spiro atoms. The molecule has 0 aliphatic carbocycles. The van der Waals surface area contributed by atoms with Gasteiger partial charge in [0.1, 0.15) is 5.69 Å². The van der Waals surface area contributed by atoms with Gasteiger partial charge in [-0.2, -0.15) is 0 Å². The third kappa shape index (κ3) is 3.85. The Hall–Kier alpha value is -3.78. The molecule has 0 aliphatic heterocycles. The van der Waals surface area contributed by atoms with Crippen molar-refractivity contribution in [3.05, 3.63) is 70.3 Å². The summed E-state index contributed by atoms with van der Waals surface area (Å²) >= 11 is 0. The number of aromatic amines is 1. The Morgan fingerprint density at radius 3 is 2.67 bits per heavy atom. The number of nitrogens with zero attached hydrogens (tertiary/aromatic N) is 3. The minimum absolute atomic E-state index is 0.106. The summed E-state index contributed by atoms with van der Waals surface area (Å²) in [7, 11) is 1.91. The van der Waals surface area contributed by atoms with Crippen molar-refractivity contribution in [2.45, 2.75) is 19.9 Å². The minimum Gasteiger partial charge on any atom is -0.382 e. The normalized spacial score (nSPS) is 11.0. The third-order valence-electron chi connectivity index (χ3n) is 4.83. The Morgan fingerprint density at radius 2 is 1.93 bits per heavy atom. The van der Waals surface area contributed by atoms with E-state index >= 15 is 0 Å². The summed E-state index contributed by atoms with van der Waals surface area (Å²) in [5, 5.41) is 7.28. The molecule has 30 heavy (non-hydrogen) atoms. The van der Waals surface area contributed by atoms with Crippen molar-refractivity contribution in [3.63, 3.8) is 0 Å². The number of benzene rings is 1. The van der Waals surface area contributed by atoms with Gasteiger partial charge in [-0.05, 0) is 25.1 Å². The van der Waals surface area contributed by atoms with Crippen LogP contribution in [0.25, 0.3) is 34.0 Å². The zero-order valence-corrected chi connectivity index (χ0v) is 16.8. The van der Waals surface area contributed by atoms with Crippen LogP contribution >= 0.6 is 0 Å². The van der Waals surface area contributed by atoms with Crippen molar-refractivity contribution >= 4 is 5.82 Å². The van der Waals surface area contributed by atoms with Crippen LogP contribution in [0.15, 0.2) is 58.1 Å². The topological polar surface area (TPSA) is 123 Å². The summed E-state index contributed by atoms with van der Waals surface area (Å²) in [6, 6.07) is 11.7. The second kappa shape index (κ2) is 8.30. The Labute approximate surface area is 173 Å². The molecule has 0 radical (unpaired) electrons. The second-order valence-corrected chi connectivity index (χ2v) is 6.89. The van der Waals surface area contributed by atoms with Crippen molar-refractivity contribution in [2.24, 2.45) is 0 Å². The largest absolute Gasteiger partial charge is 0.382 e. The fourth-order valence-corrected chi connectivity index (χ4v) is 3.18. The number of nitrogen functional groups attached to an aromatic ring is 1. The van der Waals surface area contributed by atoms with E-state index in [2.05, 4.69) is 25.4 Å². The van der Waals surface area contributed by atoms with Crippen molar-refractivity contribution in [1.82, 2.24) is 25.4 Å². The van der Waals surface area contributed by atoms with Gasteiger partial charge in [-0.3, -0.25) is 4.79 Å². The fourth-order valence-electron chi connectivity index (χ4n) is 3.18. The molecule has 0 saturated heterocycles. The Bertz CT molecular complexity index is 1230. The summed E-state index contributed by atoms with van der Waals surface area (Å²) < 4.78 is 5.52. The van der Waals surface area contributed by atoms with E-state index in [1.807, 2.05) is 38.2 Å². The molecule has 3 aromatic heterocycles. The van der Waals surface area contributed by atoms with Crippen LogP contribution in [0.3, 0.4) is 0 Å². The van der Waals surface area contributed by atoms with E-state index in [0.29, 0.717) is 34.8 Å². The van der Waals surface area contributed by atoms with Gasteiger partial charge in [-0.1, -0.05) is 36.3 Å². The number of pyridine rings is 1. The number of anilines is 1. The number of aromatic nitrogens is 4. The summed E-state index contributed by atoms with van der Waals surface area (Å²) in [4.78, 5) is 23.4. The minimum atomic E-state index is -0.106. The molecule has 8 nitrogen and oxygen atoms in total. The molecule has 0 atom stereocenters. The van der Waals surface area contributed by atoms with Crippen LogP contribution < -0.4 is 16.6 Å². The molecule has 0 fully saturated rings. The number of hydrogen-bond acceptors (Lipinski definition) is 7. The van der Waals surface area contributed by atoms with E-state index < -0.39 is 0 Å². The van der Waals surface area contributed by atoms with E-state index in [9.17, 15) is 4.79 Å². The quantitative estimate of drug-likeness (QED) is 0.453. The highest BCUT2D eigenvalue weighted by Gasteiger charge is 2.16. The lowest BCUT2D eigenvalue weighted by atomic mass is 10.1. The first kappa shape index (κ1) is 19.5. The monoisotopic (exact) mass is 402 g/mol. The Kier molecular flexibility index (Phi) is 5.40. The number of nitrogens with two attached hydrogens (primary N) is 1. The molecule has 0 saturated carbocycles. The molecule has 3 heterocycles. The number of H-pyrrole nitrogens is 1. The summed E-state index contributed by atoms with van der Waals surface area (Å²) in [5.41, 5.74) is 11.2. The average molecular weight is 402 g/mol. The first-order chi connectivity index (χ1) is 14.6. The zero-order valence-electron chi connectivity index (χ0n) is 16.8. The molecule has 4 rings (SSSR count). The van der Waals surface area contributed by atoms with Gasteiger partial charge in [0.15, 0.2) is 17.3 Å². The maximum absolute atomic E-state index is 11.8. The van der Waals surface area contributed by atoms with Gasteiger partial charge in [0.2, 0.25) is 0 Å². The molecule has 4 aromatic rings. The van der Waals surface area contributed by atoms with Crippen LogP contribution in [0.4, 0.5) is 5.82 Å². The van der Waals surface area contributed by atoms with Crippen molar-refractivity contribution < 1.29 is 4.52 Å². The van der Waals surface area contributed by atoms with Crippen LogP contribution in [-0.2, 0) is 13.0 Å². The van der Waals surface area contributed by atoms with Gasteiger partial charge in [0, 0.05) is 35.5 Å². The number of nitrogens with one attached hydrogen (secondary N) is 2. The van der Waals surface area contributed by atoms with E-state index in [-0.39, 0.29) is 11.4 Å². The smallest absolute Gasteiger partial charge is 0.251 e. The molecule has 152 valence electrons. The molecule has 0 amide bonds. The van der Waals surface area contributed by atoms with E-state index in [0.717, 1.165) is 17.7 Å². The fraction of sp³-hybridized carbons (Fsp3) is 0.182. The highest BCUT2D eigenvalue weighted by atomic mass is 16.5. The highest BCUT2D eigenvalue weighted by molar-refractivity contribution is 5.73. The van der Waals surface area contributed by atoms with Crippen molar-refractivity contribution in [3.8, 4) is 34.0 Å². The van der Waals surface area contributed by atoms with E-state index in [1.165, 1.54) is 5.56 Å². The van der Waals surface area contributed by atoms with E-state index in [4.69, 9.17) is 10.3 Å². The standard InChI is InChI=1S/C22H22N6O2/c1-3-14-8-16(11-26-22(14)29)18-12-25-21(23)20(27-18)19-9-17(28-30-19)15-6-4-13(5-7-15)10-24-2/h4-9,11-12,24H,3,10H2,1-2H3,(H2,23,25)(H,26,29). The van der Waals surface area contributed by atoms with Crippen LogP contribution in [-0.4, -0.2) is 27.2 Å². The predicted octanol–water partition coefficient (Wildman–Crippen LogP) is 3.02. The van der Waals surface area contributed by atoms with Crippen LogP contribution in [0, 0.1) is 0 Å². The maximum atomic E-state index is 11.8. The zero-order chi connectivity index (χ0) is 21.1.